The molecule has 0 spiro atoms. The number of halogens is 3. The number of hydrogen-bond acceptors (Lipinski definition) is 3. The zero-order valence-corrected chi connectivity index (χ0v) is 9.24. The summed E-state index contributed by atoms with van der Waals surface area (Å²) in [5.74, 6) is 1.20. The highest BCUT2D eigenvalue weighted by atomic mass is 19.2. The number of rotatable bonds is 1. The fourth-order valence-corrected chi connectivity index (χ4v) is 1.71. The number of hydrogen-bond donors (Lipinski definition) is 2. The van der Waals surface area contributed by atoms with Crippen molar-refractivity contribution in [3.63, 3.8) is 0 Å². The molecule has 3 N–H and O–H groups in total. The van der Waals surface area contributed by atoms with Gasteiger partial charge in [-0.3, -0.25) is 5.84 Å². The summed E-state index contributed by atoms with van der Waals surface area (Å²) in [7, 11) is 0. The standard InChI is InChI=1S/C11H10F3N3/c1-4-5(2)16-11-6(10(4)17-15)3-7(12)8(13)9(11)14/h3H,15H2,1-2H3,(H,16,17). The van der Waals surface area contributed by atoms with E-state index in [1.54, 1.807) is 13.8 Å². The monoisotopic (exact) mass is 241 g/mol. The van der Waals surface area contributed by atoms with Gasteiger partial charge in [-0.1, -0.05) is 0 Å². The summed E-state index contributed by atoms with van der Waals surface area (Å²) < 4.78 is 39.8. The number of nitrogen functional groups attached to an aromatic ring is 1. The van der Waals surface area contributed by atoms with Crippen LogP contribution in [0, 0.1) is 31.3 Å². The lowest BCUT2D eigenvalue weighted by molar-refractivity contribution is 0.452. The van der Waals surface area contributed by atoms with Crippen LogP contribution < -0.4 is 11.3 Å². The van der Waals surface area contributed by atoms with Gasteiger partial charge in [0.1, 0.15) is 5.52 Å². The molecular formula is C11H10F3N3. The molecule has 17 heavy (non-hydrogen) atoms. The van der Waals surface area contributed by atoms with Crippen LogP contribution in [-0.2, 0) is 0 Å². The molecule has 2 aromatic rings. The third-order valence-corrected chi connectivity index (χ3v) is 2.75. The van der Waals surface area contributed by atoms with Crippen LogP contribution in [0.5, 0.6) is 0 Å². The van der Waals surface area contributed by atoms with E-state index in [-0.39, 0.29) is 10.9 Å². The highest BCUT2D eigenvalue weighted by molar-refractivity contribution is 5.93. The Morgan fingerprint density at radius 3 is 2.41 bits per heavy atom. The molecule has 1 aromatic carbocycles. The molecule has 0 atom stereocenters. The zero-order valence-electron chi connectivity index (χ0n) is 9.24. The SMILES string of the molecule is Cc1nc2c(F)c(F)c(F)cc2c(NN)c1C. The Morgan fingerprint density at radius 2 is 1.82 bits per heavy atom. The lowest BCUT2D eigenvalue weighted by Gasteiger charge is -2.12. The van der Waals surface area contributed by atoms with Crippen LogP contribution in [-0.4, -0.2) is 4.98 Å². The molecule has 0 bridgehead atoms. The maximum absolute atomic E-state index is 13.5. The third-order valence-electron chi connectivity index (χ3n) is 2.75. The van der Waals surface area contributed by atoms with Gasteiger partial charge in [0, 0.05) is 11.1 Å². The van der Waals surface area contributed by atoms with Crippen LogP contribution in [0.1, 0.15) is 11.3 Å². The number of nitrogens with zero attached hydrogens (tertiary/aromatic N) is 1. The Bertz CT molecular complexity index is 611. The van der Waals surface area contributed by atoms with Crippen LogP contribution in [0.2, 0.25) is 0 Å². The second kappa shape index (κ2) is 3.89. The Hall–Kier alpha value is -1.82. The van der Waals surface area contributed by atoms with E-state index in [2.05, 4.69) is 10.4 Å². The van der Waals surface area contributed by atoms with Crippen molar-refractivity contribution >= 4 is 16.6 Å². The number of nitrogens with two attached hydrogens (primary N) is 1. The predicted molar refractivity (Wildman–Crippen MR) is 58.9 cm³/mol. The van der Waals surface area contributed by atoms with E-state index in [1.165, 1.54) is 0 Å². The first-order valence-corrected chi connectivity index (χ1v) is 4.88. The first kappa shape index (κ1) is 11.7. The Kier molecular flexibility index (Phi) is 2.66. The third kappa shape index (κ3) is 1.61. The number of aromatic nitrogens is 1. The Morgan fingerprint density at radius 1 is 1.18 bits per heavy atom. The summed E-state index contributed by atoms with van der Waals surface area (Å²) in [5, 5.41) is 0.118. The van der Waals surface area contributed by atoms with Gasteiger partial charge in [-0.15, -0.1) is 0 Å². The van der Waals surface area contributed by atoms with E-state index >= 15 is 0 Å². The smallest absolute Gasteiger partial charge is 0.196 e. The van der Waals surface area contributed by atoms with Gasteiger partial charge >= 0.3 is 0 Å². The van der Waals surface area contributed by atoms with Gasteiger partial charge in [-0.2, -0.15) is 0 Å². The summed E-state index contributed by atoms with van der Waals surface area (Å²) in [6, 6.07) is 0.877. The molecule has 0 aliphatic rings. The lowest BCUT2D eigenvalue weighted by atomic mass is 10.1. The maximum atomic E-state index is 13.5. The lowest BCUT2D eigenvalue weighted by Crippen LogP contribution is -2.11. The van der Waals surface area contributed by atoms with Crippen molar-refractivity contribution in [1.82, 2.24) is 4.98 Å². The van der Waals surface area contributed by atoms with Crippen molar-refractivity contribution in [2.75, 3.05) is 5.43 Å². The summed E-state index contributed by atoms with van der Waals surface area (Å²) >= 11 is 0. The largest absolute Gasteiger partial charge is 0.323 e. The number of pyridine rings is 1. The molecule has 0 saturated heterocycles. The first-order chi connectivity index (χ1) is 7.97. The molecule has 90 valence electrons. The average Bonchev–Trinajstić information content (AvgIpc) is 2.30. The second-order valence-corrected chi connectivity index (χ2v) is 3.72. The molecule has 1 aromatic heterocycles. The highest BCUT2D eigenvalue weighted by Crippen LogP contribution is 2.30. The minimum absolute atomic E-state index is 0.118. The van der Waals surface area contributed by atoms with Crippen LogP contribution in [0.3, 0.4) is 0 Å². The quantitative estimate of drug-likeness (QED) is 0.458. The minimum atomic E-state index is -1.53. The van der Waals surface area contributed by atoms with Crippen molar-refractivity contribution in [2.24, 2.45) is 5.84 Å². The predicted octanol–water partition coefficient (Wildman–Crippen LogP) is 2.55. The molecular weight excluding hydrogens is 231 g/mol. The normalized spacial score (nSPS) is 10.9. The van der Waals surface area contributed by atoms with Crippen LogP contribution in [0.25, 0.3) is 10.9 Å². The Labute approximate surface area is 95.4 Å². The average molecular weight is 241 g/mol. The van der Waals surface area contributed by atoms with Gasteiger partial charge in [-0.05, 0) is 25.5 Å². The first-order valence-electron chi connectivity index (χ1n) is 4.88. The van der Waals surface area contributed by atoms with E-state index < -0.39 is 17.5 Å². The van der Waals surface area contributed by atoms with E-state index in [1.807, 2.05) is 0 Å². The molecule has 2 rings (SSSR count). The van der Waals surface area contributed by atoms with Crippen molar-refractivity contribution in [3.05, 3.63) is 34.8 Å². The molecule has 3 nitrogen and oxygen atoms in total. The fraction of sp³-hybridized carbons (Fsp3) is 0.182. The van der Waals surface area contributed by atoms with Gasteiger partial charge in [-0.25, -0.2) is 18.2 Å². The fourth-order valence-electron chi connectivity index (χ4n) is 1.71. The van der Waals surface area contributed by atoms with E-state index in [0.29, 0.717) is 16.9 Å². The Balaban J connectivity index is 3.01. The number of nitrogens with one attached hydrogen (secondary N) is 1. The van der Waals surface area contributed by atoms with Crippen molar-refractivity contribution in [3.8, 4) is 0 Å². The van der Waals surface area contributed by atoms with Gasteiger partial charge in [0.15, 0.2) is 17.5 Å². The molecule has 1 heterocycles. The molecule has 0 fully saturated rings. The number of aryl methyl sites for hydroxylation is 1. The van der Waals surface area contributed by atoms with E-state index in [0.717, 1.165) is 6.07 Å². The summed E-state index contributed by atoms with van der Waals surface area (Å²) in [6.07, 6.45) is 0. The van der Waals surface area contributed by atoms with Gasteiger partial charge in [0.05, 0.1) is 5.69 Å². The van der Waals surface area contributed by atoms with Gasteiger partial charge in [0.25, 0.3) is 0 Å². The van der Waals surface area contributed by atoms with Crippen molar-refractivity contribution in [2.45, 2.75) is 13.8 Å². The number of hydrazine groups is 1. The van der Waals surface area contributed by atoms with E-state index in [4.69, 9.17) is 5.84 Å². The summed E-state index contributed by atoms with van der Waals surface area (Å²) in [6.45, 7) is 3.34. The number of benzene rings is 1. The van der Waals surface area contributed by atoms with Gasteiger partial charge in [0.2, 0.25) is 0 Å². The molecule has 0 amide bonds. The molecule has 6 heteroatoms. The molecule has 0 aliphatic carbocycles. The van der Waals surface area contributed by atoms with Crippen molar-refractivity contribution < 1.29 is 13.2 Å². The maximum Gasteiger partial charge on any atom is 0.196 e. The van der Waals surface area contributed by atoms with Gasteiger partial charge < -0.3 is 5.43 Å². The summed E-state index contributed by atoms with van der Waals surface area (Å²) in [5.41, 5.74) is 3.61. The number of fused-ring (bicyclic) bond motifs is 1. The minimum Gasteiger partial charge on any atom is -0.323 e. The second-order valence-electron chi connectivity index (χ2n) is 3.72. The van der Waals surface area contributed by atoms with Crippen LogP contribution in [0.15, 0.2) is 6.07 Å². The highest BCUT2D eigenvalue weighted by Gasteiger charge is 2.18. The molecule has 0 saturated carbocycles. The topological polar surface area (TPSA) is 50.9 Å². The zero-order chi connectivity index (χ0) is 12.7. The van der Waals surface area contributed by atoms with Crippen LogP contribution >= 0.6 is 0 Å². The molecule has 0 radical (unpaired) electrons. The molecule has 0 aliphatic heterocycles. The van der Waals surface area contributed by atoms with Crippen molar-refractivity contribution in [1.29, 1.82) is 0 Å². The number of anilines is 1. The van der Waals surface area contributed by atoms with E-state index in [9.17, 15) is 13.2 Å². The molecule has 0 unspecified atom stereocenters. The van der Waals surface area contributed by atoms with Crippen LogP contribution in [0.4, 0.5) is 18.9 Å². The summed E-state index contributed by atoms with van der Waals surface area (Å²) in [4.78, 5) is 3.91.